The maximum atomic E-state index is 11.6. The number of hydrogen-bond donors (Lipinski definition) is 2. The summed E-state index contributed by atoms with van der Waals surface area (Å²) in [6.45, 7) is 6.06. The second kappa shape index (κ2) is 8.11. The van der Waals surface area contributed by atoms with Crippen molar-refractivity contribution in [3.05, 3.63) is 29.3 Å². The highest BCUT2D eigenvalue weighted by atomic mass is 35.5. The van der Waals surface area contributed by atoms with Crippen molar-refractivity contribution in [3.8, 4) is 0 Å². The molecule has 0 heterocycles. The van der Waals surface area contributed by atoms with E-state index >= 15 is 0 Å². The Hall–Kier alpha value is -1.06. The van der Waals surface area contributed by atoms with E-state index in [1.807, 2.05) is 0 Å². The van der Waals surface area contributed by atoms with Crippen LogP contribution in [0.4, 0.5) is 5.69 Å². The second-order valence-corrected chi connectivity index (χ2v) is 5.17. The maximum Gasteiger partial charge on any atom is 0.225 e. The summed E-state index contributed by atoms with van der Waals surface area (Å²) in [6.07, 6.45) is 1.62. The molecule has 1 rings (SSSR count). The summed E-state index contributed by atoms with van der Waals surface area (Å²) in [5, 5.41) is 6.76. The second-order valence-electron chi connectivity index (χ2n) is 4.74. The minimum Gasteiger partial charge on any atom is -0.326 e. The lowest BCUT2D eigenvalue weighted by Gasteiger charge is -2.07. The molecular weight excluding hydrogens is 248 g/mol. The summed E-state index contributed by atoms with van der Waals surface area (Å²) in [5.41, 5.74) is 0.784. The molecule has 0 aromatic heterocycles. The van der Waals surface area contributed by atoms with Gasteiger partial charge in [0, 0.05) is 23.7 Å². The summed E-state index contributed by atoms with van der Waals surface area (Å²) in [4.78, 5) is 11.6. The van der Waals surface area contributed by atoms with Gasteiger partial charge in [-0.15, -0.1) is 0 Å². The fourth-order valence-corrected chi connectivity index (χ4v) is 1.60. The van der Waals surface area contributed by atoms with Gasteiger partial charge < -0.3 is 10.6 Å². The summed E-state index contributed by atoms with van der Waals surface area (Å²) < 4.78 is 0. The van der Waals surface area contributed by atoms with Crippen LogP contribution in [0.15, 0.2) is 24.3 Å². The highest BCUT2D eigenvalue weighted by molar-refractivity contribution is 6.30. The first kappa shape index (κ1) is 15.0. The molecule has 0 spiro atoms. The Balaban J connectivity index is 2.16. The van der Waals surface area contributed by atoms with Crippen molar-refractivity contribution < 1.29 is 4.79 Å². The molecule has 0 bridgehead atoms. The third-order valence-corrected chi connectivity index (χ3v) is 2.81. The van der Waals surface area contributed by atoms with Gasteiger partial charge in [-0.3, -0.25) is 4.79 Å². The minimum absolute atomic E-state index is 0.0226. The number of nitrogens with one attached hydrogen (secondary N) is 2. The number of rotatable bonds is 7. The third kappa shape index (κ3) is 6.62. The van der Waals surface area contributed by atoms with Gasteiger partial charge in [0.05, 0.1) is 0 Å². The van der Waals surface area contributed by atoms with E-state index < -0.39 is 0 Å². The van der Waals surface area contributed by atoms with Crippen molar-refractivity contribution in [2.24, 2.45) is 5.92 Å². The van der Waals surface area contributed by atoms with E-state index in [-0.39, 0.29) is 5.91 Å². The Morgan fingerprint density at radius 3 is 2.50 bits per heavy atom. The molecular formula is C14H21ClN2O. The predicted molar refractivity (Wildman–Crippen MR) is 77.0 cm³/mol. The van der Waals surface area contributed by atoms with E-state index in [4.69, 9.17) is 11.6 Å². The Morgan fingerprint density at radius 1 is 1.22 bits per heavy atom. The van der Waals surface area contributed by atoms with E-state index in [1.54, 1.807) is 24.3 Å². The Kier molecular flexibility index (Phi) is 6.76. The molecule has 0 aliphatic carbocycles. The van der Waals surface area contributed by atoms with Gasteiger partial charge in [-0.2, -0.15) is 0 Å². The van der Waals surface area contributed by atoms with Crippen molar-refractivity contribution in [1.29, 1.82) is 0 Å². The van der Waals surface area contributed by atoms with Crippen molar-refractivity contribution in [1.82, 2.24) is 5.32 Å². The summed E-state index contributed by atoms with van der Waals surface area (Å²) in [6, 6.07) is 7.12. The van der Waals surface area contributed by atoms with Crippen LogP contribution in [0.2, 0.25) is 5.02 Å². The fraction of sp³-hybridized carbons (Fsp3) is 0.500. The van der Waals surface area contributed by atoms with Gasteiger partial charge in [0.1, 0.15) is 0 Å². The van der Waals surface area contributed by atoms with E-state index in [0.717, 1.165) is 18.7 Å². The smallest absolute Gasteiger partial charge is 0.225 e. The lowest BCUT2D eigenvalue weighted by Crippen LogP contribution is -2.23. The maximum absolute atomic E-state index is 11.6. The van der Waals surface area contributed by atoms with Crippen LogP contribution < -0.4 is 10.6 Å². The van der Waals surface area contributed by atoms with Crippen LogP contribution in [0.5, 0.6) is 0 Å². The van der Waals surface area contributed by atoms with Crippen molar-refractivity contribution in [2.45, 2.75) is 26.7 Å². The predicted octanol–water partition coefficient (Wildman–Crippen LogP) is 3.30. The zero-order chi connectivity index (χ0) is 13.4. The molecule has 0 aliphatic heterocycles. The molecule has 0 atom stereocenters. The molecule has 1 aromatic rings. The number of hydrogen-bond acceptors (Lipinski definition) is 2. The average Bonchev–Trinajstić information content (AvgIpc) is 2.31. The lowest BCUT2D eigenvalue weighted by atomic mass is 10.1. The van der Waals surface area contributed by atoms with Gasteiger partial charge in [0.15, 0.2) is 0 Å². The first-order chi connectivity index (χ1) is 8.58. The summed E-state index contributed by atoms with van der Waals surface area (Å²) in [5.74, 6) is 0.717. The number of carbonyl (C=O) groups excluding carboxylic acids is 1. The minimum atomic E-state index is 0.0226. The zero-order valence-electron chi connectivity index (χ0n) is 11.0. The molecule has 0 saturated heterocycles. The van der Waals surface area contributed by atoms with Crippen LogP contribution in [0.1, 0.15) is 26.7 Å². The molecule has 100 valence electrons. The SMILES string of the molecule is CC(C)CCNCCC(=O)Nc1ccc(Cl)cc1. The third-order valence-electron chi connectivity index (χ3n) is 2.56. The summed E-state index contributed by atoms with van der Waals surface area (Å²) in [7, 11) is 0. The van der Waals surface area contributed by atoms with Gasteiger partial charge in [-0.1, -0.05) is 25.4 Å². The van der Waals surface area contributed by atoms with Crippen molar-refractivity contribution in [2.75, 3.05) is 18.4 Å². The average molecular weight is 269 g/mol. The molecule has 0 saturated carbocycles. The van der Waals surface area contributed by atoms with Crippen LogP contribution in [0.25, 0.3) is 0 Å². The van der Waals surface area contributed by atoms with Crippen molar-refractivity contribution >= 4 is 23.2 Å². The first-order valence-corrected chi connectivity index (χ1v) is 6.72. The molecule has 0 radical (unpaired) electrons. The normalized spacial score (nSPS) is 10.7. The number of amides is 1. The highest BCUT2D eigenvalue weighted by Crippen LogP contribution is 2.13. The Labute approximate surface area is 114 Å². The van der Waals surface area contributed by atoms with Gasteiger partial charge in [0.25, 0.3) is 0 Å². The van der Waals surface area contributed by atoms with E-state index in [9.17, 15) is 4.79 Å². The van der Waals surface area contributed by atoms with E-state index in [1.165, 1.54) is 0 Å². The summed E-state index contributed by atoms with van der Waals surface area (Å²) >= 11 is 5.77. The zero-order valence-corrected chi connectivity index (χ0v) is 11.8. The monoisotopic (exact) mass is 268 g/mol. The topological polar surface area (TPSA) is 41.1 Å². The molecule has 1 amide bonds. The molecule has 2 N–H and O–H groups in total. The number of halogens is 1. The van der Waals surface area contributed by atoms with Crippen LogP contribution in [0, 0.1) is 5.92 Å². The highest BCUT2D eigenvalue weighted by Gasteiger charge is 2.02. The molecule has 4 heteroatoms. The van der Waals surface area contributed by atoms with Crippen LogP contribution in [-0.4, -0.2) is 19.0 Å². The van der Waals surface area contributed by atoms with Crippen LogP contribution in [-0.2, 0) is 4.79 Å². The molecule has 18 heavy (non-hydrogen) atoms. The van der Waals surface area contributed by atoms with Crippen LogP contribution in [0.3, 0.4) is 0 Å². The standard InChI is InChI=1S/C14H21ClN2O/c1-11(2)7-9-16-10-8-14(18)17-13-5-3-12(15)4-6-13/h3-6,11,16H,7-10H2,1-2H3,(H,17,18). The lowest BCUT2D eigenvalue weighted by molar-refractivity contribution is -0.116. The molecule has 0 aliphatic rings. The molecule has 0 fully saturated rings. The number of anilines is 1. The molecule has 3 nitrogen and oxygen atoms in total. The first-order valence-electron chi connectivity index (χ1n) is 6.34. The molecule has 1 aromatic carbocycles. The van der Waals surface area contributed by atoms with E-state index in [0.29, 0.717) is 23.9 Å². The van der Waals surface area contributed by atoms with Gasteiger partial charge in [-0.05, 0) is 43.1 Å². The number of benzene rings is 1. The van der Waals surface area contributed by atoms with Crippen molar-refractivity contribution in [3.63, 3.8) is 0 Å². The largest absolute Gasteiger partial charge is 0.326 e. The molecule has 0 unspecified atom stereocenters. The van der Waals surface area contributed by atoms with Crippen LogP contribution >= 0.6 is 11.6 Å². The fourth-order valence-electron chi connectivity index (χ4n) is 1.47. The van der Waals surface area contributed by atoms with Gasteiger partial charge in [0.2, 0.25) is 5.91 Å². The quantitative estimate of drug-likeness (QED) is 0.745. The number of carbonyl (C=O) groups is 1. The van der Waals surface area contributed by atoms with E-state index in [2.05, 4.69) is 24.5 Å². The Bertz CT molecular complexity index is 363. The van der Waals surface area contributed by atoms with Gasteiger partial charge >= 0.3 is 0 Å². The van der Waals surface area contributed by atoms with Gasteiger partial charge in [-0.25, -0.2) is 0 Å². The Morgan fingerprint density at radius 2 is 1.89 bits per heavy atom.